The molecule has 2 aromatic carbocycles. The largest absolute Gasteiger partial charge is 0.493 e. The quantitative estimate of drug-likeness (QED) is 0.581. The molecule has 2 rings (SSSR count). The van der Waals surface area contributed by atoms with Crippen LogP contribution in [-0.4, -0.2) is 19.5 Å². The van der Waals surface area contributed by atoms with Gasteiger partial charge in [-0.05, 0) is 36.8 Å². The summed E-state index contributed by atoms with van der Waals surface area (Å²) in [5.74, 6) is 2.52. The summed E-state index contributed by atoms with van der Waals surface area (Å²) in [5, 5.41) is 0. The molecule has 2 aromatic rings. The molecule has 0 aliphatic heterocycles. The fourth-order valence-electron chi connectivity index (χ4n) is 1.72. The first-order valence-electron chi connectivity index (χ1n) is 6.25. The molecule has 0 heterocycles. The molecule has 0 aliphatic carbocycles. The second-order valence-corrected chi connectivity index (χ2v) is 5.33. The van der Waals surface area contributed by atoms with E-state index in [1.54, 1.807) is 18.9 Å². The van der Waals surface area contributed by atoms with Gasteiger partial charge in [0.15, 0.2) is 11.5 Å². The smallest absolute Gasteiger partial charge is 0.161 e. The second kappa shape index (κ2) is 7.10. The Hall–Kier alpha value is -1.61. The molecule has 0 saturated carbocycles. The van der Waals surface area contributed by atoms with Gasteiger partial charge in [0.2, 0.25) is 0 Å². The molecule has 0 unspecified atom stereocenters. The van der Waals surface area contributed by atoms with Crippen molar-refractivity contribution in [1.29, 1.82) is 0 Å². The molecule has 19 heavy (non-hydrogen) atoms. The number of hydrogen-bond acceptors (Lipinski definition) is 3. The Bertz CT molecular complexity index is 511. The minimum Gasteiger partial charge on any atom is -0.493 e. The van der Waals surface area contributed by atoms with Crippen molar-refractivity contribution in [2.24, 2.45) is 0 Å². The summed E-state index contributed by atoms with van der Waals surface area (Å²) < 4.78 is 11.1. The summed E-state index contributed by atoms with van der Waals surface area (Å²) in [4.78, 5) is 1.27. The number of hydrogen-bond donors (Lipinski definition) is 0. The van der Waals surface area contributed by atoms with Crippen LogP contribution in [-0.2, 0) is 0 Å². The highest BCUT2D eigenvalue weighted by atomic mass is 32.2. The van der Waals surface area contributed by atoms with E-state index in [1.165, 1.54) is 10.5 Å². The van der Waals surface area contributed by atoms with E-state index in [1.807, 2.05) is 43.3 Å². The van der Waals surface area contributed by atoms with E-state index in [0.717, 1.165) is 17.3 Å². The summed E-state index contributed by atoms with van der Waals surface area (Å²) in [6.45, 7) is 2.70. The van der Waals surface area contributed by atoms with Crippen LogP contribution < -0.4 is 9.47 Å². The van der Waals surface area contributed by atoms with Crippen molar-refractivity contribution in [3.05, 3.63) is 54.1 Å². The average Bonchev–Trinajstić information content (AvgIpc) is 2.46. The van der Waals surface area contributed by atoms with Gasteiger partial charge >= 0.3 is 0 Å². The molecule has 0 N–H and O–H groups in total. The summed E-state index contributed by atoms with van der Waals surface area (Å²) in [6, 6.07) is 16.3. The van der Waals surface area contributed by atoms with Gasteiger partial charge in [0.25, 0.3) is 0 Å². The van der Waals surface area contributed by atoms with Crippen molar-refractivity contribution < 1.29 is 9.47 Å². The first-order chi connectivity index (χ1) is 9.29. The van der Waals surface area contributed by atoms with Gasteiger partial charge in [0.1, 0.15) is 0 Å². The van der Waals surface area contributed by atoms with Crippen LogP contribution in [0, 0.1) is 6.92 Å². The zero-order valence-corrected chi connectivity index (χ0v) is 12.1. The molecule has 2 nitrogen and oxygen atoms in total. The van der Waals surface area contributed by atoms with Gasteiger partial charge in [-0.25, -0.2) is 0 Å². The minimum atomic E-state index is 0.666. The number of methoxy groups -OCH3 is 1. The molecule has 3 heteroatoms. The van der Waals surface area contributed by atoms with E-state index in [2.05, 4.69) is 12.1 Å². The Balaban J connectivity index is 1.83. The van der Waals surface area contributed by atoms with E-state index < -0.39 is 0 Å². The van der Waals surface area contributed by atoms with Crippen LogP contribution >= 0.6 is 11.8 Å². The van der Waals surface area contributed by atoms with E-state index in [-0.39, 0.29) is 0 Å². The summed E-state index contributed by atoms with van der Waals surface area (Å²) in [6.07, 6.45) is 0. The van der Waals surface area contributed by atoms with Crippen LogP contribution in [0.4, 0.5) is 0 Å². The number of benzene rings is 2. The molecule has 0 fully saturated rings. The first-order valence-corrected chi connectivity index (χ1v) is 7.23. The van der Waals surface area contributed by atoms with Crippen LogP contribution in [0.5, 0.6) is 11.5 Å². The van der Waals surface area contributed by atoms with Crippen LogP contribution in [0.15, 0.2) is 53.4 Å². The second-order valence-electron chi connectivity index (χ2n) is 4.16. The van der Waals surface area contributed by atoms with Gasteiger partial charge < -0.3 is 9.47 Å². The normalized spacial score (nSPS) is 10.2. The van der Waals surface area contributed by atoms with Gasteiger partial charge in [0, 0.05) is 10.6 Å². The van der Waals surface area contributed by atoms with Crippen molar-refractivity contribution >= 4 is 11.8 Å². The van der Waals surface area contributed by atoms with E-state index >= 15 is 0 Å². The summed E-state index contributed by atoms with van der Waals surface area (Å²) >= 11 is 1.79. The van der Waals surface area contributed by atoms with Crippen LogP contribution in [0.2, 0.25) is 0 Å². The maximum atomic E-state index is 5.76. The highest BCUT2D eigenvalue weighted by Crippen LogP contribution is 2.28. The van der Waals surface area contributed by atoms with Crippen LogP contribution in [0.25, 0.3) is 0 Å². The predicted octanol–water partition coefficient (Wildman–Crippen LogP) is 4.17. The molecule has 0 spiro atoms. The van der Waals surface area contributed by atoms with Gasteiger partial charge in [0.05, 0.1) is 13.7 Å². The third-order valence-corrected chi connectivity index (χ3v) is 3.65. The molecule has 0 radical (unpaired) electrons. The fourth-order valence-corrected chi connectivity index (χ4v) is 2.47. The summed E-state index contributed by atoms with van der Waals surface area (Å²) in [7, 11) is 1.67. The van der Waals surface area contributed by atoms with E-state index in [9.17, 15) is 0 Å². The van der Waals surface area contributed by atoms with Gasteiger partial charge in [-0.3, -0.25) is 0 Å². The molecule has 0 saturated heterocycles. The van der Waals surface area contributed by atoms with Crippen molar-refractivity contribution in [2.45, 2.75) is 11.8 Å². The first kappa shape index (κ1) is 13.8. The Kier molecular flexibility index (Phi) is 5.16. The predicted molar refractivity (Wildman–Crippen MR) is 80.4 cm³/mol. The van der Waals surface area contributed by atoms with Crippen molar-refractivity contribution in [3.8, 4) is 11.5 Å². The Morgan fingerprint density at radius 2 is 1.79 bits per heavy atom. The SMILES string of the molecule is COc1cc(C)ccc1OCCSc1ccccc1. The Morgan fingerprint density at radius 1 is 1.00 bits per heavy atom. The molecule has 0 aliphatic rings. The molecule has 0 bridgehead atoms. The topological polar surface area (TPSA) is 18.5 Å². The Labute approximate surface area is 118 Å². The van der Waals surface area contributed by atoms with Crippen molar-refractivity contribution in [3.63, 3.8) is 0 Å². The summed E-state index contributed by atoms with van der Waals surface area (Å²) in [5.41, 5.74) is 1.17. The van der Waals surface area contributed by atoms with Gasteiger partial charge in [-0.15, -0.1) is 11.8 Å². The molecule has 0 amide bonds. The van der Waals surface area contributed by atoms with Crippen molar-refractivity contribution in [2.75, 3.05) is 19.5 Å². The lowest BCUT2D eigenvalue weighted by Crippen LogP contribution is -2.01. The minimum absolute atomic E-state index is 0.666. The molecule has 0 atom stereocenters. The van der Waals surface area contributed by atoms with E-state index in [0.29, 0.717) is 6.61 Å². The monoisotopic (exact) mass is 274 g/mol. The fraction of sp³-hybridized carbons (Fsp3) is 0.250. The molecular weight excluding hydrogens is 256 g/mol. The van der Waals surface area contributed by atoms with Crippen LogP contribution in [0.3, 0.4) is 0 Å². The highest BCUT2D eigenvalue weighted by Gasteiger charge is 2.04. The standard InChI is InChI=1S/C16H18O2S/c1-13-8-9-15(16(12-13)17-2)18-10-11-19-14-6-4-3-5-7-14/h3-9,12H,10-11H2,1-2H3. The Morgan fingerprint density at radius 3 is 2.53 bits per heavy atom. The van der Waals surface area contributed by atoms with Crippen molar-refractivity contribution in [1.82, 2.24) is 0 Å². The third-order valence-electron chi connectivity index (χ3n) is 2.67. The van der Waals surface area contributed by atoms with Crippen LogP contribution in [0.1, 0.15) is 5.56 Å². The number of rotatable bonds is 6. The average molecular weight is 274 g/mol. The number of ether oxygens (including phenoxy) is 2. The number of aryl methyl sites for hydroxylation is 1. The maximum absolute atomic E-state index is 5.76. The van der Waals surface area contributed by atoms with E-state index in [4.69, 9.17) is 9.47 Å². The zero-order chi connectivity index (χ0) is 13.5. The lowest BCUT2D eigenvalue weighted by molar-refractivity contribution is 0.313. The third kappa shape index (κ3) is 4.21. The lowest BCUT2D eigenvalue weighted by Gasteiger charge is -2.11. The number of thioether (sulfide) groups is 1. The highest BCUT2D eigenvalue weighted by molar-refractivity contribution is 7.99. The molecule has 0 aromatic heterocycles. The zero-order valence-electron chi connectivity index (χ0n) is 11.3. The maximum Gasteiger partial charge on any atom is 0.161 e. The molecule has 100 valence electrons. The van der Waals surface area contributed by atoms with Gasteiger partial charge in [-0.2, -0.15) is 0 Å². The lowest BCUT2D eigenvalue weighted by atomic mass is 10.2. The van der Waals surface area contributed by atoms with Gasteiger partial charge in [-0.1, -0.05) is 24.3 Å². The molecular formula is C16H18O2S.